The number of amides is 1. The normalized spacial score (nSPS) is 21.8. The van der Waals surface area contributed by atoms with Crippen LogP contribution in [-0.4, -0.2) is 45.7 Å². The van der Waals surface area contributed by atoms with Crippen molar-refractivity contribution >= 4 is 23.2 Å². The number of likely N-dealkylation sites (tertiary alicyclic amines) is 1. The third-order valence-corrected chi connectivity index (χ3v) is 7.40. The Bertz CT molecular complexity index is 696. The average Bonchev–Trinajstić information content (AvgIpc) is 3.15. The minimum absolute atomic E-state index is 0.0280. The van der Waals surface area contributed by atoms with Crippen LogP contribution < -0.4 is 0 Å². The lowest BCUT2D eigenvalue weighted by Crippen LogP contribution is -2.51. The van der Waals surface area contributed by atoms with Gasteiger partial charge in [-0.25, -0.2) is 0 Å². The van der Waals surface area contributed by atoms with Crippen LogP contribution in [0.1, 0.15) is 69.1 Å². The van der Waals surface area contributed by atoms with Gasteiger partial charge in [-0.3, -0.25) is 9.59 Å². The highest BCUT2D eigenvalue weighted by Crippen LogP contribution is 2.48. The second-order valence-electron chi connectivity index (χ2n) is 8.57. The maximum absolute atomic E-state index is 11.9. The van der Waals surface area contributed by atoms with Gasteiger partial charge < -0.3 is 15.1 Å². The molecule has 2 fully saturated rings. The molecule has 1 aliphatic heterocycles. The van der Waals surface area contributed by atoms with Crippen molar-refractivity contribution in [2.45, 2.75) is 82.8 Å². The second-order valence-corrected chi connectivity index (χ2v) is 9.60. The third kappa shape index (κ3) is 5.92. The van der Waals surface area contributed by atoms with Crippen LogP contribution >= 0.6 is 11.3 Å². The number of carbonyl (C=O) groups excluding carboxylic acids is 1. The Morgan fingerprint density at radius 2 is 2.10 bits per heavy atom. The number of β-lactam (4-membered cyclic amide) rings is 1. The van der Waals surface area contributed by atoms with E-state index in [9.17, 15) is 14.7 Å². The summed E-state index contributed by atoms with van der Waals surface area (Å²) in [6.07, 6.45) is 13.1. The van der Waals surface area contributed by atoms with Gasteiger partial charge in [0, 0.05) is 23.3 Å². The van der Waals surface area contributed by atoms with Crippen molar-refractivity contribution in [1.82, 2.24) is 4.90 Å². The molecule has 0 bridgehead atoms. The van der Waals surface area contributed by atoms with E-state index in [2.05, 4.69) is 29.7 Å². The average molecular weight is 420 g/mol. The minimum Gasteiger partial charge on any atom is -0.481 e. The zero-order valence-corrected chi connectivity index (χ0v) is 17.9. The number of aliphatic hydroxyl groups excluding tert-OH is 1. The first kappa shape index (κ1) is 22.0. The first-order chi connectivity index (χ1) is 14.0. The molecule has 1 aliphatic carbocycles. The summed E-state index contributed by atoms with van der Waals surface area (Å²) in [5.41, 5.74) is 0.0280. The van der Waals surface area contributed by atoms with Gasteiger partial charge in [0.2, 0.25) is 5.91 Å². The number of unbranched alkanes of at least 4 members (excludes halogenated alkanes) is 3. The molecule has 2 unspecified atom stereocenters. The molecule has 1 saturated carbocycles. The van der Waals surface area contributed by atoms with Crippen molar-refractivity contribution in [3.05, 3.63) is 34.5 Å². The van der Waals surface area contributed by atoms with Crippen molar-refractivity contribution in [1.29, 1.82) is 0 Å². The Morgan fingerprint density at radius 1 is 1.31 bits per heavy atom. The number of aliphatic carboxylic acids is 1. The molecule has 2 N–H and O–H groups in total. The first-order valence-electron chi connectivity index (χ1n) is 10.9. The van der Waals surface area contributed by atoms with E-state index in [4.69, 9.17) is 5.11 Å². The summed E-state index contributed by atoms with van der Waals surface area (Å²) in [6.45, 7) is 0.742. The fourth-order valence-electron chi connectivity index (χ4n) is 4.49. The monoisotopic (exact) mass is 419 g/mol. The van der Waals surface area contributed by atoms with Gasteiger partial charge >= 0.3 is 5.97 Å². The fourth-order valence-corrected chi connectivity index (χ4v) is 5.35. The van der Waals surface area contributed by atoms with Crippen LogP contribution in [0.4, 0.5) is 0 Å². The van der Waals surface area contributed by atoms with Gasteiger partial charge in [-0.15, -0.1) is 11.3 Å². The summed E-state index contributed by atoms with van der Waals surface area (Å²) in [7, 11) is 0. The zero-order valence-electron chi connectivity index (χ0n) is 17.1. The topological polar surface area (TPSA) is 77.8 Å². The summed E-state index contributed by atoms with van der Waals surface area (Å²) in [6, 6.07) is 4.39. The molecule has 3 rings (SSSR count). The van der Waals surface area contributed by atoms with E-state index in [0.29, 0.717) is 19.3 Å². The molecule has 0 spiro atoms. The molecule has 0 aromatic carbocycles. The first-order valence-corrected chi connectivity index (χ1v) is 11.8. The van der Waals surface area contributed by atoms with E-state index in [1.165, 1.54) is 11.3 Å². The molecule has 2 atom stereocenters. The number of thiophene rings is 1. The Labute approximate surface area is 177 Å². The van der Waals surface area contributed by atoms with Crippen LogP contribution in [-0.2, 0) is 16.0 Å². The molecule has 0 radical (unpaired) electrons. The number of carboxylic acid groups (broad SMARTS) is 1. The lowest BCUT2D eigenvalue weighted by molar-refractivity contribution is -0.143. The highest BCUT2D eigenvalue weighted by Gasteiger charge is 2.43. The lowest BCUT2D eigenvalue weighted by Gasteiger charge is -2.45. The molecular formula is C23H33NO4S. The van der Waals surface area contributed by atoms with Crippen LogP contribution in [0.25, 0.3) is 0 Å². The summed E-state index contributed by atoms with van der Waals surface area (Å²) < 4.78 is 0. The van der Waals surface area contributed by atoms with E-state index in [-0.39, 0.29) is 29.9 Å². The molecular weight excluding hydrogens is 386 g/mol. The highest BCUT2D eigenvalue weighted by molar-refractivity contribution is 7.09. The number of carboxylic acids is 1. The van der Waals surface area contributed by atoms with Crippen molar-refractivity contribution in [2.24, 2.45) is 5.41 Å². The molecule has 1 aromatic rings. The molecule has 5 nitrogen and oxygen atoms in total. The summed E-state index contributed by atoms with van der Waals surface area (Å²) >= 11 is 1.77. The van der Waals surface area contributed by atoms with Gasteiger partial charge in [0.15, 0.2) is 0 Å². The molecule has 2 heterocycles. The zero-order chi connectivity index (χ0) is 20.7. The van der Waals surface area contributed by atoms with Gasteiger partial charge in [0.25, 0.3) is 0 Å². The maximum Gasteiger partial charge on any atom is 0.303 e. The Balaban J connectivity index is 1.38. The molecule has 160 valence electrons. The number of carbonyl (C=O) groups is 2. The van der Waals surface area contributed by atoms with Crippen molar-refractivity contribution in [2.75, 3.05) is 6.54 Å². The Kier molecular flexibility index (Phi) is 7.90. The minimum atomic E-state index is -0.741. The lowest BCUT2D eigenvalue weighted by atomic mass is 9.62. The smallest absolute Gasteiger partial charge is 0.303 e. The van der Waals surface area contributed by atoms with Gasteiger partial charge in [0.1, 0.15) is 0 Å². The molecule has 2 aliphatic rings. The number of nitrogens with zero attached hydrogens (tertiary/aromatic N) is 1. The molecule has 1 amide bonds. The fraction of sp³-hybridized carbons (Fsp3) is 0.652. The third-order valence-electron chi connectivity index (χ3n) is 6.52. The van der Waals surface area contributed by atoms with Gasteiger partial charge in [-0.2, -0.15) is 0 Å². The number of hydrogen-bond donors (Lipinski definition) is 2. The Morgan fingerprint density at radius 3 is 2.72 bits per heavy atom. The Hall–Kier alpha value is -1.66. The van der Waals surface area contributed by atoms with Gasteiger partial charge in [-0.05, 0) is 50.0 Å². The van der Waals surface area contributed by atoms with Crippen LogP contribution in [0.15, 0.2) is 29.7 Å². The van der Waals surface area contributed by atoms with Crippen LogP contribution in [0.3, 0.4) is 0 Å². The number of aliphatic hydroxyl groups is 1. The summed E-state index contributed by atoms with van der Waals surface area (Å²) in [5.74, 6) is -0.548. The second kappa shape index (κ2) is 10.4. The SMILES string of the molecule is O=C(O)CCCCCCN1C(=O)CC1C=CCC(O)C1(Cc2cccs2)CCC1. The predicted molar refractivity (Wildman–Crippen MR) is 115 cm³/mol. The van der Waals surface area contributed by atoms with E-state index in [0.717, 1.165) is 45.1 Å². The number of rotatable bonds is 13. The summed E-state index contributed by atoms with van der Waals surface area (Å²) in [5, 5.41) is 21.6. The van der Waals surface area contributed by atoms with E-state index in [1.54, 1.807) is 11.3 Å². The predicted octanol–water partition coefficient (Wildman–Crippen LogP) is 4.40. The van der Waals surface area contributed by atoms with E-state index in [1.807, 2.05) is 4.90 Å². The van der Waals surface area contributed by atoms with E-state index >= 15 is 0 Å². The van der Waals surface area contributed by atoms with Crippen LogP contribution in [0.2, 0.25) is 0 Å². The van der Waals surface area contributed by atoms with E-state index < -0.39 is 5.97 Å². The van der Waals surface area contributed by atoms with Crippen molar-refractivity contribution in [3.8, 4) is 0 Å². The largest absolute Gasteiger partial charge is 0.481 e. The van der Waals surface area contributed by atoms with Crippen molar-refractivity contribution < 1.29 is 19.8 Å². The van der Waals surface area contributed by atoms with Crippen molar-refractivity contribution in [3.63, 3.8) is 0 Å². The quantitative estimate of drug-likeness (QED) is 0.282. The van der Waals surface area contributed by atoms with Gasteiger partial charge in [0.05, 0.1) is 18.6 Å². The molecule has 29 heavy (non-hydrogen) atoms. The highest BCUT2D eigenvalue weighted by atomic mass is 32.1. The summed E-state index contributed by atoms with van der Waals surface area (Å²) in [4.78, 5) is 25.7. The van der Waals surface area contributed by atoms with Crippen LogP contribution in [0, 0.1) is 5.41 Å². The number of hydrogen-bond acceptors (Lipinski definition) is 4. The standard InChI is InChI=1S/C23H33NO4S/c25-20(23(12-7-13-23)17-19-9-6-15-29-19)10-5-8-18-16-21(26)24(18)14-4-2-1-3-11-22(27)28/h5-6,8-9,15,18,20,25H,1-4,7,10-14,16-17H2,(H,27,28). The van der Waals surface area contributed by atoms with Gasteiger partial charge in [-0.1, -0.05) is 37.5 Å². The van der Waals surface area contributed by atoms with Crippen LogP contribution in [0.5, 0.6) is 0 Å². The molecule has 1 aromatic heterocycles. The molecule has 1 saturated heterocycles. The maximum atomic E-state index is 11.9. The molecule has 6 heteroatoms.